The van der Waals surface area contributed by atoms with Gasteiger partial charge in [-0.25, -0.2) is 4.68 Å². The summed E-state index contributed by atoms with van der Waals surface area (Å²) in [5, 5.41) is 18.7. The first-order valence-corrected chi connectivity index (χ1v) is 10.4. The van der Waals surface area contributed by atoms with Crippen LogP contribution in [0.5, 0.6) is 0 Å². The highest BCUT2D eigenvalue weighted by Gasteiger charge is 2.29. The quantitative estimate of drug-likeness (QED) is 0.524. The zero-order valence-electron chi connectivity index (χ0n) is 15.8. The van der Waals surface area contributed by atoms with Gasteiger partial charge in [0.2, 0.25) is 0 Å². The summed E-state index contributed by atoms with van der Waals surface area (Å²) in [7, 11) is -1.06. The smallest absolute Gasteiger partial charge is 0.273 e. The van der Waals surface area contributed by atoms with E-state index in [9.17, 15) is 19.1 Å². The number of nitro groups is 1. The van der Waals surface area contributed by atoms with E-state index < -0.39 is 21.6 Å². The van der Waals surface area contributed by atoms with Crippen LogP contribution in [0.15, 0.2) is 42.5 Å². The monoisotopic (exact) mass is 410 g/mol. The summed E-state index contributed by atoms with van der Waals surface area (Å²) >= 11 is 0. The highest BCUT2D eigenvalue weighted by atomic mass is 32.2. The molecule has 4 rings (SSSR count). The van der Waals surface area contributed by atoms with E-state index in [1.54, 1.807) is 17.7 Å². The molecule has 0 fully saturated rings. The zero-order valence-corrected chi connectivity index (χ0v) is 16.7. The Morgan fingerprint density at radius 3 is 2.66 bits per heavy atom. The number of aromatic nitrogens is 2. The number of hydrogen-bond donors (Lipinski definition) is 1. The molecule has 1 unspecified atom stereocenters. The fourth-order valence-electron chi connectivity index (χ4n) is 3.47. The van der Waals surface area contributed by atoms with Crippen LogP contribution < -0.4 is 5.32 Å². The van der Waals surface area contributed by atoms with Crippen LogP contribution >= 0.6 is 0 Å². The molecule has 8 nitrogen and oxygen atoms in total. The van der Waals surface area contributed by atoms with Crippen LogP contribution in [0.2, 0.25) is 0 Å². The van der Waals surface area contributed by atoms with Crippen LogP contribution in [-0.2, 0) is 22.3 Å². The number of carbonyl (C=O) groups excluding carboxylic acids is 1. The van der Waals surface area contributed by atoms with Crippen molar-refractivity contribution in [3.05, 3.63) is 80.5 Å². The number of carbonyl (C=O) groups is 1. The number of benzene rings is 2. The highest BCUT2D eigenvalue weighted by Crippen LogP contribution is 2.33. The topological polar surface area (TPSA) is 107 Å². The largest absolute Gasteiger partial charge is 0.306 e. The fourth-order valence-corrected chi connectivity index (χ4v) is 4.74. The molecule has 0 saturated carbocycles. The van der Waals surface area contributed by atoms with Crippen LogP contribution in [-0.4, -0.2) is 24.8 Å². The number of para-hydroxylation sites is 1. The summed E-state index contributed by atoms with van der Waals surface area (Å²) in [6, 6.07) is 12.0. The van der Waals surface area contributed by atoms with E-state index in [1.807, 2.05) is 31.2 Å². The summed E-state index contributed by atoms with van der Waals surface area (Å²) < 4.78 is 13.7. The van der Waals surface area contributed by atoms with Gasteiger partial charge in [-0.2, -0.15) is 5.10 Å². The van der Waals surface area contributed by atoms with Crippen molar-refractivity contribution >= 4 is 28.2 Å². The van der Waals surface area contributed by atoms with Gasteiger partial charge in [0.25, 0.3) is 11.6 Å². The van der Waals surface area contributed by atoms with Crippen molar-refractivity contribution in [2.45, 2.75) is 25.4 Å². The molecule has 2 heterocycles. The third-order valence-electron chi connectivity index (χ3n) is 4.99. The lowest BCUT2D eigenvalue weighted by atomic mass is 10.1. The van der Waals surface area contributed by atoms with E-state index in [0.29, 0.717) is 23.0 Å². The van der Waals surface area contributed by atoms with Gasteiger partial charge in [0.05, 0.1) is 27.8 Å². The average Bonchev–Trinajstić information content (AvgIpc) is 3.19. The molecule has 1 N–H and O–H groups in total. The van der Waals surface area contributed by atoms with E-state index in [0.717, 1.165) is 16.8 Å². The summed E-state index contributed by atoms with van der Waals surface area (Å²) in [4.78, 5) is 23.7. The maximum atomic E-state index is 13.0. The molecule has 0 aliphatic carbocycles. The van der Waals surface area contributed by atoms with Crippen LogP contribution in [0.4, 0.5) is 11.5 Å². The Balaban J connectivity index is 1.79. The second-order valence-electron chi connectivity index (χ2n) is 6.86. The van der Waals surface area contributed by atoms with E-state index in [4.69, 9.17) is 0 Å². The Labute approximate surface area is 169 Å². The Morgan fingerprint density at radius 1 is 1.17 bits per heavy atom. The van der Waals surface area contributed by atoms with Gasteiger partial charge in [-0.1, -0.05) is 24.3 Å². The number of nitrogens with one attached hydrogen (secondary N) is 1. The van der Waals surface area contributed by atoms with Gasteiger partial charge in [0.15, 0.2) is 0 Å². The molecule has 29 heavy (non-hydrogen) atoms. The lowest BCUT2D eigenvalue weighted by molar-refractivity contribution is -0.385. The number of fused-ring (bicyclic) bond motifs is 1. The normalized spacial score (nSPS) is 15.2. The molecule has 0 saturated heterocycles. The average molecular weight is 410 g/mol. The Morgan fingerprint density at radius 2 is 1.93 bits per heavy atom. The van der Waals surface area contributed by atoms with Crippen molar-refractivity contribution in [3.63, 3.8) is 0 Å². The first-order chi connectivity index (χ1) is 13.9. The van der Waals surface area contributed by atoms with Gasteiger partial charge in [0, 0.05) is 33.6 Å². The third-order valence-corrected chi connectivity index (χ3v) is 6.20. The maximum Gasteiger partial charge on any atom is 0.273 e. The van der Waals surface area contributed by atoms with Crippen LogP contribution in [0.3, 0.4) is 0 Å². The van der Waals surface area contributed by atoms with Crippen molar-refractivity contribution in [1.82, 2.24) is 9.78 Å². The molecule has 1 aliphatic heterocycles. The molecule has 148 valence electrons. The lowest BCUT2D eigenvalue weighted by Gasteiger charge is -2.13. The predicted octanol–water partition coefficient (Wildman–Crippen LogP) is 3.41. The minimum Gasteiger partial charge on any atom is -0.306 e. The highest BCUT2D eigenvalue weighted by molar-refractivity contribution is 7.83. The number of nitrogens with zero attached hydrogens (tertiary/aromatic N) is 3. The predicted molar refractivity (Wildman–Crippen MR) is 110 cm³/mol. The van der Waals surface area contributed by atoms with Crippen molar-refractivity contribution in [1.29, 1.82) is 0 Å². The summed E-state index contributed by atoms with van der Waals surface area (Å²) in [5.74, 6) is 0.634. The first kappa shape index (κ1) is 19.0. The first-order valence-electron chi connectivity index (χ1n) is 8.94. The molecule has 3 aromatic rings. The van der Waals surface area contributed by atoms with E-state index >= 15 is 0 Å². The van der Waals surface area contributed by atoms with Crippen LogP contribution in [0.25, 0.3) is 5.69 Å². The molecular weight excluding hydrogens is 392 g/mol. The number of amides is 1. The third kappa shape index (κ3) is 3.33. The molecule has 1 amide bonds. The van der Waals surface area contributed by atoms with Crippen molar-refractivity contribution in [2.75, 3.05) is 5.32 Å². The van der Waals surface area contributed by atoms with Crippen molar-refractivity contribution in [2.24, 2.45) is 0 Å². The second kappa shape index (κ2) is 7.25. The number of rotatable bonds is 4. The Bertz CT molecular complexity index is 1190. The molecular formula is C20H18N4O4S. The van der Waals surface area contributed by atoms with Gasteiger partial charge in [0.1, 0.15) is 5.82 Å². The van der Waals surface area contributed by atoms with Gasteiger partial charge >= 0.3 is 0 Å². The second-order valence-corrected chi connectivity index (χ2v) is 8.32. The molecule has 0 spiro atoms. The molecule has 2 aromatic carbocycles. The minimum atomic E-state index is -1.06. The number of anilines is 1. The molecule has 0 bridgehead atoms. The summed E-state index contributed by atoms with van der Waals surface area (Å²) in [6.45, 7) is 3.49. The van der Waals surface area contributed by atoms with E-state index in [2.05, 4.69) is 10.4 Å². The number of hydrogen-bond acceptors (Lipinski definition) is 5. The zero-order chi connectivity index (χ0) is 20.7. The van der Waals surface area contributed by atoms with E-state index in [1.165, 1.54) is 12.1 Å². The Kier molecular flexibility index (Phi) is 4.75. The number of aryl methyl sites for hydroxylation is 1. The van der Waals surface area contributed by atoms with Gasteiger partial charge in [-0.05, 0) is 31.5 Å². The summed E-state index contributed by atoms with van der Waals surface area (Å²) in [6.07, 6.45) is 0. The number of nitro benzene ring substituents is 1. The van der Waals surface area contributed by atoms with Crippen LogP contribution in [0.1, 0.15) is 32.7 Å². The van der Waals surface area contributed by atoms with E-state index in [-0.39, 0.29) is 16.8 Å². The standard InChI is InChI=1S/C20H18N4O4S/c1-12-6-3-4-8-17(12)23-19(15-10-29(28)11-16(15)22-23)21-20(25)14-7-5-9-18(13(14)2)24(26)27/h3-9H,10-11H2,1-2H3,(H,21,25). The lowest BCUT2D eigenvalue weighted by Crippen LogP contribution is -2.18. The van der Waals surface area contributed by atoms with Crippen molar-refractivity contribution < 1.29 is 13.9 Å². The van der Waals surface area contributed by atoms with Crippen LogP contribution in [0, 0.1) is 24.0 Å². The fraction of sp³-hybridized carbons (Fsp3) is 0.200. The molecule has 1 atom stereocenters. The Hall–Kier alpha value is -3.33. The van der Waals surface area contributed by atoms with Gasteiger partial charge in [-0.15, -0.1) is 0 Å². The van der Waals surface area contributed by atoms with Crippen molar-refractivity contribution in [3.8, 4) is 5.69 Å². The summed E-state index contributed by atoms with van der Waals surface area (Å²) in [5.41, 5.74) is 3.59. The van der Waals surface area contributed by atoms with Gasteiger partial charge < -0.3 is 5.32 Å². The molecule has 9 heteroatoms. The molecule has 0 radical (unpaired) electrons. The SMILES string of the molecule is Cc1ccccc1-n1nc2c(c1NC(=O)c1cccc([N+](=O)[O-])c1C)CS(=O)C2. The van der Waals surface area contributed by atoms with Gasteiger partial charge in [-0.3, -0.25) is 19.1 Å². The molecule has 1 aromatic heterocycles. The minimum absolute atomic E-state index is 0.114. The molecule has 1 aliphatic rings. The maximum absolute atomic E-state index is 13.0.